The fourth-order valence-corrected chi connectivity index (χ4v) is 2.34. The largest absolute Gasteiger partial charge is 0.363 e. The first-order valence-electron chi connectivity index (χ1n) is 5.71. The highest BCUT2D eigenvalue weighted by atomic mass is 15.1. The molecule has 3 rings (SSSR count). The van der Waals surface area contributed by atoms with E-state index < -0.39 is 0 Å². The summed E-state index contributed by atoms with van der Waals surface area (Å²) < 4.78 is 0. The van der Waals surface area contributed by atoms with E-state index in [0.717, 1.165) is 13.1 Å². The fraction of sp³-hybridized carbons (Fsp3) is 0.200. The van der Waals surface area contributed by atoms with Gasteiger partial charge in [-0.2, -0.15) is 0 Å². The molecule has 16 heavy (non-hydrogen) atoms. The smallest absolute Gasteiger partial charge is 0.0436 e. The average Bonchev–Trinajstić information content (AvgIpc) is 2.72. The Morgan fingerprint density at radius 1 is 0.875 bits per heavy atom. The minimum absolute atomic E-state index is 1.04. The zero-order chi connectivity index (χ0) is 11.0. The second kappa shape index (κ2) is 3.67. The van der Waals surface area contributed by atoms with E-state index in [4.69, 9.17) is 0 Å². The Labute approximate surface area is 96.3 Å². The number of rotatable bonds is 1. The quantitative estimate of drug-likeness (QED) is 0.694. The van der Waals surface area contributed by atoms with Gasteiger partial charge in [-0.05, 0) is 35.7 Å². The van der Waals surface area contributed by atoms with Crippen molar-refractivity contribution in [2.24, 2.45) is 0 Å². The summed E-state index contributed by atoms with van der Waals surface area (Å²) in [6.07, 6.45) is 0. The fourth-order valence-electron chi connectivity index (χ4n) is 2.34. The molecule has 0 saturated heterocycles. The lowest BCUT2D eigenvalue weighted by molar-refractivity contribution is 0.879. The molecule has 0 atom stereocenters. The highest BCUT2D eigenvalue weighted by Gasteiger charge is 2.18. The molecular weight excluding hydrogens is 194 g/mol. The number of hydrogen-bond acceptors (Lipinski definition) is 1. The summed E-state index contributed by atoms with van der Waals surface area (Å²) in [4.78, 5) is 2.43. The lowest BCUT2D eigenvalue weighted by Gasteiger charge is -2.18. The Hall–Kier alpha value is -1.76. The Balaban J connectivity index is 1.91. The normalized spacial score (nSPS) is 13.9. The third-order valence-corrected chi connectivity index (χ3v) is 3.21. The van der Waals surface area contributed by atoms with Crippen LogP contribution >= 0.6 is 0 Å². The van der Waals surface area contributed by atoms with Gasteiger partial charge in [0.15, 0.2) is 0 Å². The number of benzene rings is 2. The zero-order valence-electron chi connectivity index (χ0n) is 9.48. The van der Waals surface area contributed by atoms with Crippen LogP contribution in [-0.2, 0) is 13.1 Å². The van der Waals surface area contributed by atoms with Crippen LogP contribution in [0.2, 0.25) is 0 Å². The molecule has 1 nitrogen and oxygen atoms in total. The molecule has 0 bridgehead atoms. The third-order valence-electron chi connectivity index (χ3n) is 3.21. The van der Waals surface area contributed by atoms with Crippen molar-refractivity contribution in [1.29, 1.82) is 0 Å². The summed E-state index contributed by atoms with van der Waals surface area (Å²) in [6, 6.07) is 17.4. The van der Waals surface area contributed by atoms with Crippen molar-refractivity contribution < 1.29 is 0 Å². The van der Waals surface area contributed by atoms with E-state index in [9.17, 15) is 0 Å². The second-order valence-electron chi connectivity index (χ2n) is 4.46. The average molecular weight is 209 g/mol. The van der Waals surface area contributed by atoms with Crippen LogP contribution in [-0.4, -0.2) is 0 Å². The van der Waals surface area contributed by atoms with Gasteiger partial charge < -0.3 is 4.90 Å². The summed E-state index contributed by atoms with van der Waals surface area (Å²) in [5, 5.41) is 0. The topological polar surface area (TPSA) is 3.24 Å². The van der Waals surface area contributed by atoms with Gasteiger partial charge in [0.1, 0.15) is 0 Å². The van der Waals surface area contributed by atoms with Crippen LogP contribution in [0.1, 0.15) is 16.7 Å². The zero-order valence-corrected chi connectivity index (χ0v) is 9.48. The number of anilines is 1. The summed E-state index contributed by atoms with van der Waals surface area (Å²) in [5.74, 6) is 0. The minimum Gasteiger partial charge on any atom is -0.363 e. The lowest BCUT2D eigenvalue weighted by atomic mass is 10.1. The van der Waals surface area contributed by atoms with Crippen molar-refractivity contribution in [2.45, 2.75) is 20.0 Å². The molecule has 0 aromatic heterocycles. The van der Waals surface area contributed by atoms with Gasteiger partial charge in [-0.25, -0.2) is 0 Å². The van der Waals surface area contributed by atoms with E-state index in [0.29, 0.717) is 0 Å². The first-order chi connectivity index (χ1) is 7.83. The number of aryl methyl sites for hydroxylation is 1. The minimum atomic E-state index is 1.04. The number of hydrogen-bond donors (Lipinski definition) is 0. The molecule has 0 amide bonds. The van der Waals surface area contributed by atoms with Crippen LogP contribution in [0.4, 0.5) is 5.69 Å². The van der Waals surface area contributed by atoms with E-state index >= 15 is 0 Å². The lowest BCUT2D eigenvalue weighted by Crippen LogP contribution is -2.14. The third kappa shape index (κ3) is 1.58. The Morgan fingerprint density at radius 3 is 2.19 bits per heavy atom. The summed E-state index contributed by atoms with van der Waals surface area (Å²) in [7, 11) is 0. The van der Waals surface area contributed by atoms with Gasteiger partial charge in [0.2, 0.25) is 0 Å². The van der Waals surface area contributed by atoms with Crippen molar-refractivity contribution in [3.63, 3.8) is 0 Å². The molecule has 0 N–H and O–H groups in total. The molecule has 1 aliphatic rings. The maximum Gasteiger partial charge on any atom is 0.0436 e. The molecule has 0 spiro atoms. The van der Waals surface area contributed by atoms with Crippen LogP contribution in [0, 0.1) is 6.92 Å². The first-order valence-corrected chi connectivity index (χ1v) is 5.71. The van der Waals surface area contributed by atoms with Crippen LogP contribution in [0.3, 0.4) is 0 Å². The van der Waals surface area contributed by atoms with E-state index in [2.05, 4.69) is 60.4 Å². The SMILES string of the molecule is Cc1cccc(N2Cc3ccccc3C2)c1. The number of fused-ring (bicyclic) bond motifs is 1. The maximum atomic E-state index is 2.43. The second-order valence-corrected chi connectivity index (χ2v) is 4.46. The van der Waals surface area contributed by atoms with Crippen molar-refractivity contribution in [1.82, 2.24) is 0 Å². The molecule has 0 aliphatic carbocycles. The highest BCUT2D eigenvalue weighted by molar-refractivity contribution is 5.53. The van der Waals surface area contributed by atoms with Gasteiger partial charge in [0.05, 0.1) is 0 Å². The van der Waals surface area contributed by atoms with Crippen molar-refractivity contribution in [2.75, 3.05) is 4.90 Å². The molecule has 0 fully saturated rings. The summed E-state index contributed by atoms with van der Waals surface area (Å²) in [5.41, 5.74) is 5.58. The van der Waals surface area contributed by atoms with Crippen LogP contribution < -0.4 is 4.90 Å². The molecular formula is C15H15N. The van der Waals surface area contributed by atoms with E-state index in [1.165, 1.54) is 22.4 Å². The molecule has 1 heterocycles. The van der Waals surface area contributed by atoms with Gasteiger partial charge in [-0.1, -0.05) is 36.4 Å². The van der Waals surface area contributed by atoms with Gasteiger partial charge in [-0.3, -0.25) is 0 Å². The Bertz CT molecular complexity index is 491. The van der Waals surface area contributed by atoms with Crippen LogP contribution in [0.25, 0.3) is 0 Å². The molecule has 2 aromatic rings. The molecule has 1 aliphatic heterocycles. The molecule has 0 unspecified atom stereocenters. The summed E-state index contributed by atoms with van der Waals surface area (Å²) >= 11 is 0. The monoisotopic (exact) mass is 209 g/mol. The molecule has 0 radical (unpaired) electrons. The van der Waals surface area contributed by atoms with Crippen molar-refractivity contribution in [3.8, 4) is 0 Å². The Morgan fingerprint density at radius 2 is 1.56 bits per heavy atom. The standard InChI is InChI=1S/C15H15N/c1-12-5-4-8-15(9-12)16-10-13-6-2-3-7-14(13)11-16/h2-9H,10-11H2,1H3. The predicted molar refractivity (Wildman–Crippen MR) is 67.5 cm³/mol. The van der Waals surface area contributed by atoms with Gasteiger partial charge in [0.25, 0.3) is 0 Å². The van der Waals surface area contributed by atoms with Gasteiger partial charge >= 0.3 is 0 Å². The van der Waals surface area contributed by atoms with Crippen molar-refractivity contribution >= 4 is 5.69 Å². The summed E-state index contributed by atoms with van der Waals surface area (Å²) in [6.45, 7) is 4.23. The van der Waals surface area contributed by atoms with Gasteiger partial charge in [0, 0.05) is 18.8 Å². The molecule has 0 saturated carbocycles. The van der Waals surface area contributed by atoms with Gasteiger partial charge in [-0.15, -0.1) is 0 Å². The Kier molecular flexibility index (Phi) is 2.17. The molecule has 1 heteroatoms. The van der Waals surface area contributed by atoms with Crippen molar-refractivity contribution in [3.05, 3.63) is 65.2 Å². The van der Waals surface area contributed by atoms with E-state index in [1.54, 1.807) is 0 Å². The van der Waals surface area contributed by atoms with E-state index in [1.807, 2.05) is 0 Å². The molecule has 80 valence electrons. The van der Waals surface area contributed by atoms with E-state index in [-0.39, 0.29) is 0 Å². The molecule has 2 aromatic carbocycles. The first kappa shape index (κ1) is 9.46. The van der Waals surface area contributed by atoms with Crippen LogP contribution in [0.5, 0.6) is 0 Å². The highest BCUT2D eigenvalue weighted by Crippen LogP contribution is 2.28. The maximum absolute atomic E-state index is 2.43. The number of nitrogens with zero attached hydrogens (tertiary/aromatic N) is 1. The predicted octanol–water partition coefficient (Wildman–Crippen LogP) is 3.52. The van der Waals surface area contributed by atoms with Crippen LogP contribution in [0.15, 0.2) is 48.5 Å².